The third-order valence-electron chi connectivity index (χ3n) is 5.15. The number of carbonyl (C=O) groups excluding carboxylic acids is 2. The number of carbonyl (C=O) groups is 2. The van der Waals surface area contributed by atoms with Crippen molar-refractivity contribution in [1.29, 1.82) is 0 Å². The van der Waals surface area contributed by atoms with Crippen molar-refractivity contribution >= 4 is 17.6 Å². The summed E-state index contributed by atoms with van der Waals surface area (Å²) in [5, 5.41) is 2.58. The largest absolute Gasteiger partial charge is 0.355 e. The highest BCUT2D eigenvalue weighted by Gasteiger charge is 2.28. The quantitative estimate of drug-likeness (QED) is 0.720. The van der Waals surface area contributed by atoms with Gasteiger partial charge in [-0.05, 0) is 47.7 Å². The summed E-state index contributed by atoms with van der Waals surface area (Å²) in [7, 11) is 1.58. The number of fused-ring (bicyclic) bond motifs is 1. The summed E-state index contributed by atoms with van der Waals surface area (Å²) < 4.78 is 27.3. The normalized spacial score (nSPS) is 13.2. The average molecular weight is 407 g/mol. The first-order valence-electron chi connectivity index (χ1n) is 9.52. The van der Waals surface area contributed by atoms with E-state index in [9.17, 15) is 18.4 Å². The van der Waals surface area contributed by atoms with E-state index in [1.54, 1.807) is 25.2 Å². The Hall–Kier alpha value is -3.61. The highest BCUT2D eigenvalue weighted by atomic mass is 19.1. The lowest BCUT2D eigenvalue weighted by atomic mass is 9.94. The minimum Gasteiger partial charge on any atom is -0.355 e. The second-order valence-corrected chi connectivity index (χ2v) is 7.11. The monoisotopic (exact) mass is 407 g/mol. The summed E-state index contributed by atoms with van der Waals surface area (Å²) in [4.78, 5) is 29.7. The molecule has 30 heavy (non-hydrogen) atoms. The van der Waals surface area contributed by atoms with E-state index < -0.39 is 11.6 Å². The molecule has 5 nitrogen and oxygen atoms in total. The second-order valence-electron chi connectivity index (χ2n) is 7.11. The smallest absolute Gasteiger partial charge is 0.259 e. The fourth-order valence-electron chi connectivity index (χ4n) is 3.59. The fraction of sp³-hybridized carbons (Fsp3) is 0.174. The van der Waals surface area contributed by atoms with Crippen LogP contribution in [-0.2, 0) is 12.8 Å². The van der Waals surface area contributed by atoms with Gasteiger partial charge >= 0.3 is 0 Å². The molecule has 0 atom stereocenters. The van der Waals surface area contributed by atoms with Crippen LogP contribution in [0.4, 0.5) is 14.6 Å². The molecular formula is C23H19F2N3O2. The first kappa shape index (κ1) is 19.7. The Balaban J connectivity index is 1.58. The van der Waals surface area contributed by atoms with Crippen molar-refractivity contribution in [2.45, 2.75) is 12.8 Å². The van der Waals surface area contributed by atoms with Gasteiger partial charge in [0.25, 0.3) is 11.8 Å². The van der Waals surface area contributed by atoms with Crippen molar-refractivity contribution in [3.05, 3.63) is 94.2 Å². The molecule has 1 N–H and O–H groups in total. The molecule has 3 aromatic rings. The molecule has 0 fully saturated rings. The van der Waals surface area contributed by atoms with Gasteiger partial charge in [0.15, 0.2) is 11.6 Å². The molecule has 2 amide bonds. The summed E-state index contributed by atoms with van der Waals surface area (Å²) in [6, 6.07) is 13.6. The predicted molar refractivity (Wildman–Crippen MR) is 109 cm³/mol. The molecule has 152 valence electrons. The van der Waals surface area contributed by atoms with E-state index >= 15 is 0 Å². The number of pyridine rings is 1. The number of halogens is 2. The zero-order valence-corrected chi connectivity index (χ0v) is 16.3. The van der Waals surface area contributed by atoms with Crippen molar-refractivity contribution in [1.82, 2.24) is 10.3 Å². The molecule has 1 aliphatic rings. The van der Waals surface area contributed by atoms with Crippen LogP contribution in [0, 0.1) is 11.6 Å². The summed E-state index contributed by atoms with van der Waals surface area (Å²) in [5.74, 6) is -2.32. The number of rotatable bonds is 4. The molecule has 4 rings (SSSR count). The van der Waals surface area contributed by atoms with Crippen LogP contribution >= 0.6 is 0 Å². The maximum absolute atomic E-state index is 14.1. The van der Waals surface area contributed by atoms with Crippen LogP contribution in [0.25, 0.3) is 0 Å². The zero-order valence-electron chi connectivity index (χ0n) is 16.3. The Morgan fingerprint density at radius 3 is 2.53 bits per heavy atom. The highest BCUT2D eigenvalue weighted by molar-refractivity contribution is 6.07. The van der Waals surface area contributed by atoms with Gasteiger partial charge in [-0.2, -0.15) is 0 Å². The number of aromatic nitrogens is 1. The maximum atomic E-state index is 14.1. The lowest BCUT2D eigenvalue weighted by molar-refractivity contribution is 0.0959. The van der Waals surface area contributed by atoms with E-state index in [0.717, 1.165) is 29.0 Å². The minimum absolute atomic E-state index is 0.150. The van der Waals surface area contributed by atoms with Gasteiger partial charge in [-0.25, -0.2) is 13.8 Å². The molecular weight excluding hydrogens is 388 g/mol. The molecule has 0 spiro atoms. The topological polar surface area (TPSA) is 62.3 Å². The van der Waals surface area contributed by atoms with Crippen molar-refractivity contribution in [3.8, 4) is 0 Å². The molecule has 0 radical (unpaired) electrons. The molecule has 0 unspecified atom stereocenters. The number of hydrogen-bond donors (Lipinski definition) is 1. The van der Waals surface area contributed by atoms with Gasteiger partial charge in [0.2, 0.25) is 0 Å². The average Bonchev–Trinajstić information content (AvgIpc) is 2.75. The minimum atomic E-state index is -0.862. The SMILES string of the molecule is CNC(=O)c1ccc(Cc2ccc3c(c2)C(=O)N(c2ncc(F)cc2F)CC3)cc1. The standard InChI is InChI=1S/C23H19F2N3O2/c1-26-22(29)17-6-2-14(3-7-17)10-15-4-5-16-8-9-28(23(30)19(16)11-15)21-20(25)12-18(24)13-27-21/h2-7,11-13H,8-10H2,1H3,(H,26,29). The number of amides is 2. The van der Waals surface area contributed by atoms with E-state index in [1.807, 2.05) is 24.3 Å². The number of nitrogens with zero attached hydrogens (tertiary/aromatic N) is 2. The van der Waals surface area contributed by atoms with Crippen molar-refractivity contribution in [3.63, 3.8) is 0 Å². The van der Waals surface area contributed by atoms with Gasteiger partial charge in [0, 0.05) is 30.8 Å². The summed E-state index contributed by atoms with van der Waals surface area (Å²) >= 11 is 0. The zero-order chi connectivity index (χ0) is 21.3. The molecule has 0 saturated carbocycles. The van der Waals surface area contributed by atoms with Crippen molar-refractivity contribution in [2.24, 2.45) is 0 Å². The number of benzene rings is 2. The third-order valence-corrected chi connectivity index (χ3v) is 5.15. The number of anilines is 1. The first-order valence-corrected chi connectivity index (χ1v) is 9.52. The third kappa shape index (κ3) is 3.78. The van der Waals surface area contributed by atoms with Crippen LogP contribution < -0.4 is 10.2 Å². The summed E-state index contributed by atoms with van der Waals surface area (Å²) in [6.07, 6.45) is 2.04. The van der Waals surface area contributed by atoms with E-state index in [0.29, 0.717) is 24.0 Å². The van der Waals surface area contributed by atoms with Crippen LogP contribution in [0.1, 0.15) is 37.4 Å². The van der Waals surface area contributed by atoms with Crippen LogP contribution in [-0.4, -0.2) is 30.4 Å². The first-order chi connectivity index (χ1) is 14.5. The fourth-order valence-corrected chi connectivity index (χ4v) is 3.59. The molecule has 7 heteroatoms. The predicted octanol–water partition coefficient (Wildman–Crippen LogP) is 3.51. The highest BCUT2D eigenvalue weighted by Crippen LogP contribution is 2.27. The van der Waals surface area contributed by atoms with Crippen LogP contribution in [0.2, 0.25) is 0 Å². The van der Waals surface area contributed by atoms with E-state index in [-0.39, 0.29) is 24.2 Å². The van der Waals surface area contributed by atoms with Gasteiger partial charge in [-0.3, -0.25) is 14.5 Å². The van der Waals surface area contributed by atoms with Gasteiger partial charge in [0.1, 0.15) is 5.82 Å². The van der Waals surface area contributed by atoms with Crippen LogP contribution in [0.3, 0.4) is 0 Å². The Labute approximate surface area is 172 Å². The van der Waals surface area contributed by atoms with E-state index in [1.165, 1.54) is 4.90 Å². The molecule has 0 saturated heterocycles. The Morgan fingerprint density at radius 1 is 1.10 bits per heavy atom. The Morgan fingerprint density at radius 2 is 1.83 bits per heavy atom. The molecule has 1 aromatic heterocycles. The number of nitrogens with one attached hydrogen (secondary N) is 1. The van der Waals surface area contributed by atoms with Crippen LogP contribution in [0.5, 0.6) is 0 Å². The van der Waals surface area contributed by atoms with E-state index in [2.05, 4.69) is 10.3 Å². The van der Waals surface area contributed by atoms with Gasteiger partial charge in [-0.15, -0.1) is 0 Å². The lowest BCUT2D eigenvalue weighted by Crippen LogP contribution is -2.38. The number of hydrogen-bond acceptors (Lipinski definition) is 3. The molecule has 0 bridgehead atoms. The molecule has 2 aromatic carbocycles. The Kier molecular flexibility index (Phi) is 5.27. The molecule has 1 aliphatic heterocycles. The van der Waals surface area contributed by atoms with Crippen LogP contribution in [0.15, 0.2) is 54.7 Å². The lowest BCUT2D eigenvalue weighted by Gasteiger charge is -2.28. The van der Waals surface area contributed by atoms with Gasteiger partial charge in [0.05, 0.1) is 6.20 Å². The van der Waals surface area contributed by atoms with Crippen molar-refractivity contribution < 1.29 is 18.4 Å². The maximum Gasteiger partial charge on any atom is 0.259 e. The summed E-state index contributed by atoms with van der Waals surface area (Å²) in [6.45, 7) is 0.279. The Bertz CT molecular complexity index is 1130. The second kappa shape index (κ2) is 8.02. The van der Waals surface area contributed by atoms with Gasteiger partial charge < -0.3 is 5.32 Å². The van der Waals surface area contributed by atoms with Crippen molar-refractivity contribution in [2.75, 3.05) is 18.5 Å². The summed E-state index contributed by atoms with van der Waals surface area (Å²) in [5.41, 5.74) is 3.87. The van der Waals surface area contributed by atoms with Gasteiger partial charge in [-0.1, -0.05) is 24.3 Å². The van der Waals surface area contributed by atoms with E-state index in [4.69, 9.17) is 0 Å². The molecule has 2 heterocycles. The molecule has 0 aliphatic carbocycles.